The molecular formula is C21H30IN5S. The molecule has 0 aliphatic carbocycles. The molecule has 7 heteroatoms. The van der Waals surface area contributed by atoms with E-state index in [1.807, 2.05) is 0 Å². The molecule has 0 aliphatic heterocycles. The lowest BCUT2D eigenvalue weighted by Crippen LogP contribution is -2.38. The number of nitrogens with one attached hydrogen (secondary N) is 3. The number of hydrogen-bond donors (Lipinski definition) is 3. The Labute approximate surface area is 188 Å². The molecule has 0 atom stereocenters. The first kappa shape index (κ1) is 22.7. The lowest BCUT2D eigenvalue weighted by molar-refractivity contribution is 0.793. The van der Waals surface area contributed by atoms with E-state index in [0.717, 1.165) is 36.2 Å². The van der Waals surface area contributed by atoms with Crippen LogP contribution in [-0.2, 0) is 13.0 Å². The molecule has 3 rings (SSSR count). The second-order valence-corrected chi connectivity index (χ2v) is 7.91. The third-order valence-corrected chi connectivity index (χ3v) is 5.42. The average molecular weight is 511 g/mol. The van der Waals surface area contributed by atoms with E-state index in [1.165, 1.54) is 22.2 Å². The summed E-state index contributed by atoms with van der Waals surface area (Å²) >= 11 is 1.69. The van der Waals surface area contributed by atoms with Crippen LogP contribution in [-0.4, -0.2) is 29.0 Å². The molecule has 3 N–H and O–H groups in total. The highest BCUT2D eigenvalue weighted by molar-refractivity contribution is 14.0. The van der Waals surface area contributed by atoms with Gasteiger partial charge >= 0.3 is 0 Å². The molecule has 0 saturated carbocycles. The quantitative estimate of drug-likeness (QED) is 0.238. The molecule has 152 valence electrons. The fourth-order valence-electron chi connectivity index (χ4n) is 3.11. The maximum absolute atomic E-state index is 4.69. The van der Waals surface area contributed by atoms with Crippen LogP contribution in [0, 0.1) is 6.92 Å². The zero-order chi connectivity index (χ0) is 19.2. The van der Waals surface area contributed by atoms with Crippen molar-refractivity contribution in [3.8, 4) is 0 Å². The minimum atomic E-state index is 0. The number of aliphatic imine (C=N–C) groups is 1. The zero-order valence-electron chi connectivity index (χ0n) is 17.0. The number of rotatable bonds is 7. The summed E-state index contributed by atoms with van der Waals surface area (Å²) in [6.07, 6.45) is 0.953. The summed E-state index contributed by atoms with van der Waals surface area (Å²) in [6, 6.07) is 8.48. The van der Waals surface area contributed by atoms with Crippen LogP contribution >= 0.6 is 35.3 Å². The van der Waals surface area contributed by atoms with Gasteiger partial charge in [-0.25, -0.2) is 9.98 Å². The summed E-state index contributed by atoms with van der Waals surface area (Å²) in [5, 5.41) is 11.3. The van der Waals surface area contributed by atoms with Crippen molar-refractivity contribution in [2.75, 3.05) is 13.1 Å². The van der Waals surface area contributed by atoms with Crippen molar-refractivity contribution >= 4 is 52.2 Å². The Morgan fingerprint density at radius 1 is 1.25 bits per heavy atom. The van der Waals surface area contributed by atoms with Crippen molar-refractivity contribution in [2.24, 2.45) is 4.99 Å². The molecule has 0 unspecified atom stereocenters. The van der Waals surface area contributed by atoms with Crippen LogP contribution in [0.2, 0.25) is 0 Å². The number of hydrogen-bond acceptors (Lipinski definition) is 3. The Bertz CT molecular complexity index is 913. The van der Waals surface area contributed by atoms with Gasteiger partial charge in [0.25, 0.3) is 0 Å². The number of para-hydroxylation sites is 1. The number of thiazole rings is 1. The van der Waals surface area contributed by atoms with Crippen LogP contribution in [0.4, 0.5) is 0 Å². The lowest BCUT2D eigenvalue weighted by Gasteiger charge is -2.11. The third-order valence-electron chi connectivity index (χ3n) is 4.57. The van der Waals surface area contributed by atoms with Crippen LogP contribution in [0.25, 0.3) is 10.9 Å². The van der Waals surface area contributed by atoms with E-state index in [4.69, 9.17) is 4.99 Å². The van der Waals surface area contributed by atoms with Gasteiger partial charge < -0.3 is 15.6 Å². The van der Waals surface area contributed by atoms with Gasteiger partial charge in [-0.1, -0.05) is 32.0 Å². The topological polar surface area (TPSA) is 65.1 Å². The van der Waals surface area contributed by atoms with Gasteiger partial charge in [0.1, 0.15) is 5.01 Å². The SMILES string of the molecule is CCNC(=NCc1nc(C(C)C)cs1)NCCc1c(C)[nH]c2ccccc12.I. The second-order valence-electron chi connectivity index (χ2n) is 6.97. The number of aromatic nitrogens is 2. The molecule has 0 fully saturated rings. The van der Waals surface area contributed by atoms with Crippen molar-refractivity contribution in [3.63, 3.8) is 0 Å². The van der Waals surface area contributed by atoms with Crippen molar-refractivity contribution in [3.05, 3.63) is 51.6 Å². The first-order chi connectivity index (χ1) is 13.1. The normalized spacial score (nSPS) is 11.7. The molecule has 1 aromatic carbocycles. The van der Waals surface area contributed by atoms with Crippen LogP contribution in [0.5, 0.6) is 0 Å². The molecule has 28 heavy (non-hydrogen) atoms. The minimum absolute atomic E-state index is 0. The van der Waals surface area contributed by atoms with E-state index in [2.05, 4.69) is 77.9 Å². The molecule has 0 saturated heterocycles. The first-order valence-electron chi connectivity index (χ1n) is 9.61. The highest BCUT2D eigenvalue weighted by Crippen LogP contribution is 2.22. The maximum atomic E-state index is 4.69. The highest BCUT2D eigenvalue weighted by atomic mass is 127. The summed E-state index contributed by atoms with van der Waals surface area (Å²) in [4.78, 5) is 12.8. The van der Waals surface area contributed by atoms with E-state index in [0.29, 0.717) is 12.5 Å². The van der Waals surface area contributed by atoms with Gasteiger partial charge in [0, 0.05) is 35.1 Å². The molecule has 0 amide bonds. The summed E-state index contributed by atoms with van der Waals surface area (Å²) in [5.74, 6) is 1.31. The van der Waals surface area contributed by atoms with Crippen LogP contribution in [0.3, 0.4) is 0 Å². The second kappa shape index (κ2) is 10.8. The summed E-state index contributed by atoms with van der Waals surface area (Å²) < 4.78 is 0. The molecule has 2 aromatic heterocycles. The standard InChI is InChI=1S/C21H29N5S.HI/c1-5-22-21(24-12-20-26-19(13-27-20)14(2)3)23-11-10-16-15(4)25-18-9-7-6-8-17(16)18;/h6-9,13-14,25H,5,10-12H2,1-4H3,(H2,22,23,24);1H. The summed E-state index contributed by atoms with van der Waals surface area (Å²) in [5.41, 5.74) is 4.97. The molecular weight excluding hydrogens is 481 g/mol. The zero-order valence-corrected chi connectivity index (χ0v) is 20.2. The van der Waals surface area contributed by atoms with Gasteiger partial charge in [-0.05, 0) is 37.8 Å². The van der Waals surface area contributed by atoms with Gasteiger partial charge in [-0.15, -0.1) is 35.3 Å². The maximum Gasteiger partial charge on any atom is 0.191 e. The van der Waals surface area contributed by atoms with E-state index >= 15 is 0 Å². The van der Waals surface area contributed by atoms with Gasteiger partial charge in [0.05, 0.1) is 12.2 Å². The third kappa shape index (κ3) is 5.70. The number of guanidine groups is 1. The van der Waals surface area contributed by atoms with Crippen LogP contribution in [0.15, 0.2) is 34.6 Å². The number of aromatic amines is 1. The largest absolute Gasteiger partial charge is 0.358 e. The van der Waals surface area contributed by atoms with Gasteiger partial charge in [-0.3, -0.25) is 0 Å². The monoisotopic (exact) mass is 511 g/mol. The molecule has 0 aliphatic rings. The number of nitrogens with zero attached hydrogens (tertiary/aromatic N) is 2. The van der Waals surface area contributed by atoms with E-state index < -0.39 is 0 Å². The number of halogens is 1. The summed E-state index contributed by atoms with van der Waals surface area (Å²) in [6.45, 7) is 10.8. The Morgan fingerprint density at radius 3 is 2.75 bits per heavy atom. The molecule has 5 nitrogen and oxygen atoms in total. The van der Waals surface area contributed by atoms with E-state index in [1.54, 1.807) is 11.3 Å². The van der Waals surface area contributed by atoms with Crippen LogP contribution in [0.1, 0.15) is 48.6 Å². The lowest BCUT2D eigenvalue weighted by atomic mass is 10.1. The predicted molar refractivity (Wildman–Crippen MR) is 131 cm³/mol. The first-order valence-corrected chi connectivity index (χ1v) is 10.5. The minimum Gasteiger partial charge on any atom is -0.358 e. The average Bonchev–Trinajstić information content (AvgIpc) is 3.24. The molecule has 2 heterocycles. The molecule has 0 spiro atoms. The fraction of sp³-hybridized carbons (Fsp3) is 0.429. The Morgan fingerprint density at radius 2 is 2.04 bits per heavy atom. The van der Waals surface area contributed by atoms with Gasteiger partial charge in [0.15, 0.2) is 5.96 Å². The molecule has 3 aromatic rings. The number of H-pyrrole nitrogens is 1. The van der Waals surface area contributed by atoms with Crippen molar-refractivity contribution in [2.45, 2.75) is 46.6 Å². The van der Waals surface area contributed by atoms with E-state index in [-0.39, 0.29) is 24.0 Å². The van der Waals surface area contributed by atoms with Crippen LogP contribution < -0.4 is 10.6 Å². The van der Waals surface area contributed by atoms with Gasteiger partial charge in [0.2, 0.25) is 0 Å². The molecule has 0 radical (unpaired) electrons. The number of benzene rings is 1. The Balaban J connectivity index is 0.00000280. The Kier molecular flexibility index (Phi) is 8.75. The Hall–Kier alpha value is -1.61. The summed E-state index contributed by atoms with van der Waals surface area (Å²) in [7, 11) is 0. The smallest absolute Gasteiger partial charge is 0.191 e. The highest BCUT2D eigenvalue weighted by Gasteiger charge is 2.08. The fourth-order valence-corrected chi connectivity index (χ4v) is 3.99. The number of fused-ring (bicyclic) bond motifs is 1. The van der Waals surface area contributed by atoms with E-state index in [9.17, 15) is 0 Å². The van der Waals surface area contributed by atoms with Crippen molar-refractivity contribution < 1.29 is 0 Å². The van der Waals surface area contributed by atoms with Crippen molar-refractivity contribution in [1.29, 1.82) is 0 Å². The molecule has 0 bridgehead atoms. The van der Waals surface area contributed by atoms with Gasteiger partial charge in [-0.2, -0.15) is 0 Å². The predicted octanol–water partition coefficient (Wildman–Crippen LogP) is 4.97. The number of aryl methyl sites for hydroxylation is 1. The van der Waals surface area contributed by atoms with Crippen molar-refractivity contribution in [1.82, 2.24) is 20.6 Å².